The van der Waals surface area contributed by atoms with E-state index in [0.717, 1.165) is 11.1 Å². The maximum Gasteiger partial charge on any atom is 0.159 e. The second-order valence-corrected chi connectivity index (χ2v) is 8.93. The van der Waals surface area contributed by atoms with Crippen LogP contribution in [-0.2, 0) is 7.05 Å². The van der Waals surface area contributed by atoms with E-state index in [1.165, 1.54) is 18.6 Å². The molecule has 0 bridgehead atoms. The van der Waals surface area contributed by atoms with Crippen molar-refractivity contribution in [3.05, 3.63) is 66.9 Å². The van der Waals surface area contributed by atoms with Crippen LogP contribution in [0.25, 0.3) is 32.9 Å². The zero-order chi connectivity index (χ0) is 25.4. The summed E-state index contributed by atoms with van der Waals surface area (Å²) in [4.78, 5) is 14.8. The molecule has 1 N–H and O–H groups in total. The standard InChI is InChI=1S/C26H25F2N7O/c1-15(12-34(2)3)36-22-9-16(17-11-32-35(4)13-17)8-21-23(22)26(31-14-30-21)33-25-19(27)10-20-18(24(25)28)6-5-7-29-20/h5-11,13-15H,12H2,1-4H3,(H,30,31,33)/t15-/m1/s1. The van der Waals surface area contributed by atoms with Gasteiger partial charge in [-0.3, -0.25) is 9.67 Å². The Morgan fingerprint density at radius 3 is 2.67 bits per heavy atom. The van der Waals surface area contributed by atoms with Gasteiger partial charge in [0.1, 0.15) is 29.7 Å². The van der Waals surface area contributed by atoms with Gasteiger partial charge in [0.05, 0.1) is 22.6 Å². The van der Waals surface area contributed by atoms with Crippen LogP contribution in [0.2, 0.25) is 0 Å². The number of nitrogens with one attached hydrogen (secondary N) is 1. The Labute approximate surface area is 206 Å². The average Bonchev–Trinajstić information content (AvgIpc) is 3.27. The minimum atomic E-state index is -0.777. The molecular weight excluding hydrogens is 464 g/mol. The number of hydrogen-bond acceptors (Lipinski definition) is 7. The van der Waals surface area contributed by atoms with Crippen LogP contribution in [0.3, 0.4) is 0 Å². The highest BCUT2D eigenvalue weighted by Gasteiger charge is 2.20. The lowest BCUT2D eigenvalue weighted by Crippen LogP contribution is -2.28. The summed E-state index contributed by atoms with van der Waals surface area (Å²) >= 11 is 0. The van der Waals surface area contributed by atoms with Crippen LogP contribution in [-0.4, -0.2) is 56.4 Å². The quantitative estimate of drug-likeness (QED) is 0.347. The molecule has 5 aromatic rings. The van der Waals surface area contributed by atoms with E-state index in [4.69, 9.17) is 4.74 Å². The number of aromatic nitrogens is 5. The molecule has 3 aromatic heterocycles. The third kappa shape index (κ3) is 4.55. The van der Waals surface area contributed by atoms with Crippen LogP contribution in [0.4, 0.5) is 20.3 Å². The van der Waals surface area contributed by atoms with Crippen molar-refractivity contribution < 1.29 is 13.5 Å². The number of ether oxygens (including phenoxy) is 1. The first-order valence-electron chi connectivity index (χ1n) is 11.4. The smallest absolute Gasteiger partial charge is 0.159 e. The predicted molar refractivity (Wildman–Crippen MR) is 135 cm³/mol. The molecule has 0 aliphatic rings. The van der Waals surface area contributed by atoms with Crippen molar-refractivity contribution in [2.24, 2.45) is 7.05 Å². The second-order valence-electron chi connectivity index (χ2n) is 8.93. The maximum absolute atomic E-state index is 15.3. The SMILES string of the molecule is C[C@H](CN(C)C)Oc1cc(-c2cnn(C)c2)cc2ncnc(Nc3c(F)cc4ncccc4c3F)c12. The summed E-state index contributed by atoms with van der Waals surface area (Å²) in [6.07, 6.45) is 6.30. The molecule has 10 heteroatoms. The average molecular weight is 490 g/mol. The highest BCUT2D eigenvalue weighted by atomic mass is 19.1. The third-order valence-electron chi connectivity index (χ3n) is 5.73. The fraction of sp³-hybridized carbons (Fsp3) is 0.231. The van der Waals surface area contributed by atoms with Gasteiger partial charge < -0.3 is 15.0 Å². The minimum absolute atomic E-state index is 0.180. The van der Waals surface area contributed by atoms with Crippen molar-refractivity contribution in [2.75, 3.05) is 26.0 Å². The molecule has 2 aromatic carbocycles. The van der Waals surface area contributed by atoms with E-state index in [9.17, 15) is 4.39 Å². The Balaban J connectivity index is 1.66. The lowest BCUT2D eigenvalue weighted by atomic mass is 10.1. The van der Waals surface area contributed by atoms with Crippen LogP contribution in [0.1, 0.15) is 6.92 Å². The van der Waals surface area contributed by atoms with Gasteiger partial charge in [0.2, 0.25) is 0 Å². The molecule has 184 valence electrons. The first kappa shape index (κ1) is 23.6. The molecule has 0 unspecified atom stereocenters. The van der Waals surface area contributed by atoms with Crippen LogP contribution < -0.4 is 10.1 Å². The van der Waals surface area contributed by atoms with E-state index < -0.39 is 11.6 Å². The summed E-state index contributed by atoms with van der Waals surface area (Å²) < 4.78 is 38.3. The van der Waals surface area contributed by atoms with Gasteiger partial charge in [-0.05, 0) is 50.8 Å². The van der Waals surface area contributed by atoms with Crippen LogP contribution in [0, 0.1) is 11.6 Å². The third-order valence-corrected chi connectivity index (χ3v) is 5.73. The number of halogens is 2. The number of benzene rings is 2. The minimum Gasteiger partial charge on any atom is -0.489 e. The van der Waals surface area contributed by atoms with Gasteiger partial charge in [-0.25, -0.2) is 18.7 Å². The molecule has 0 aliphatic heterocycles. The molecule has 3 heterocycles. The number of pyridine rings is 1. The molecule has 0 amide bonds. The summed E-state index contributed by atoms with van der Waals surface area (Å²) in [6.45, 7) is 2.62. The van der Waals surface area contributed by atoms with Gasteiger partial charge in [-0.15, -0.1) is 0 Å². The zero-order valence-electron chi connectivity index (χ0n) is 20.3. The number of aryl methyl sites for hydroxylation is 1. The number of nitrogens with zero attached hydrogens (tertiary/aromatic N) is 6. The largest absolute Gasteiger partial charge is 0.489 e. The predicted octanol–water partition coefficient (Wildman–Crippen LogP) is 4.93. The van der Waals surface area contributed by atoms with Crippen molar-refractivity contribution >= 4 is 33.3 Å². The van der Waals surface area contributed by atoms with Crippen molar-refractivity contribution in [1.29, 1.82) is 0 Å². The van der Waals surface area contributed by atoms with Crippen LogP contribution in [0.5, 0.6) is 5.75 Å². The number of anilines is 2. The van der Waals surface area contributed by atoms with Gasteiger partial charge >= 0.3 is 0 Å². The molecular formula is C26H25F2N7O. The normalized spacial score (nSPS) is 12.4. The van der Waals surface area contributed by atoms with Crippen molar-refractivity contribution in [3.63, 3.8) is 0 Å². The summed E-state index contributed by atoms with van der Waals surface area (Å²) in [7, 11) is 5.76. The number of fused-ring (bicyclic) bond motifs is 2. The first-order valence-corrected chi connectivity index (χ1v) is 11.4. The monoisotopic (exact) mass is 489 g/mol. The van der Waals surface area contributed by atoms with E-state index in [1.54, 1.807) is 23.0 Å². The van der Waals surface area contributed by atoms with Gasteiger partial charge in [0, 0.05) is 43.0 Å². The van der Waals surface area contributed by atoms with E-state index >= 15 is 4.39 Å². The molecule has 0 radical (unpaired) electrons. The summed E-state index contributed by atoms with van der Waals surface area (Å²) in [6, 6.07) is 8.10. The molecule has 0 aliphatic carbocycles. The molecule has 5 rings (SSSR count). The lowest BCUT2D eigenvalue weighted by Gasteiger charge is -2.21. The molecule has 1 atom stereocenters. The van der Waals surface area contributed by atoms with E-state index in [-0.39, 0.29) is 28.5 Å². The molecule has 0 spiro atoms. The topological polar surface area (TPSA) is 81.0 Å². The van der Waals surface area contributed by atoms with Crippen LogP contribution in [0.15, 0.2) is 55.2 Å². The first-order chi connectivity index (χ1) is 17.3. The van der Waals surface area contributed by atoms with Gasteiger partial charge in [-0.1, -0.05) is 0 Å². The highest BCUT2D eigenvalue weighted by Crippen LogP contribution is 2.38. The van der Waals surface area contributed by atoms with E-state index in [0.29, 0.717) is 23.2 Å². The lowest BCUT2D eigenvalue weighted by molar-refractivity contribution is 0.179. The van der Waals surface area contributed by atoms with Gasteiger partial charge in [0.15, 0.2) is 11.6 Å². The number of likely N-dealkylation sites (N-methyl/N-ethyl adjacent to an activating group) is 1. The zero-order valence-corrected chi connectivity index (χ0v) is 20.3. The van der Waals surface area contributed by atoms with Crippen molar-refractivity contribution in [1.82, 2.24) is 29.6 Å². The Kier molecular flexibility index (Phi) is 6.19. The Bertz CT molecular complexity index is 1570. The Morgan fingerprint density at radius 1 is 1.08 bits per heavy atom. The molecule has 0 fully saturated rings. The fourth-order valence-corrected chi connectivity index (χ4v) is 4.23. The molecule has 8 nitrogen and oxygen atoms in total. The number of hydrogen-bond donors (Lipinski definition) is 1. The molecule has 0 saturated carbocycles. The second kappa shape index (κ2) is 9.46. The highest BCUT2D eigenvalue weighted by molar-refractivity contribution is 5.99. The maximum atomic E-state index is 15.3. The van der Waals surface area contributed by atoms with Crippen LogP contribution >= 0.6 is 0 Å². The fourth-order valence-electron chi connectivity index (χ4n) is 4.23. The number of rotatable bonds is 7. The Morgan fingerprint density at radius 2 is 1.92 bits per heavy atom. The molecule has 36 heavy (non-hydrogen) atoms. The van der Waals surface area contributed by atoms with Crippen molar-refractivity contribution in [3.8, 4) is 16.9 Å². The van der Waals surface area contributed by atoms with E-state index in [1.807, 2.05) is 51.3 Å². The van der Waals surface area contributed by atoms with E-state index in [2.05, 4.69) is 25.4 Å². The Hall–Kier alpha value is -4.18. The summed E-state index contributed by atoms with van der Waals surface area (Å²) in [5.74, 6) is -0.806. The molecule has 0 saturated heterocycles. The summed E-state index contributed by atoms with van der Waals surface area (Å²) in [5.41, 5.74) is 2.20. The van der Waals surface area contributed by atoms with Crippen molar-refractivity contribution in [2.45, 2.75) is 13.0 Å². The van der Waals surface area contributed by atoms with Gasteiger partial charge in [-0.2, -0.15) is 5.10 Å². The van der Waals surface area contributed by atoms with Gasteiger partial charge in [0.25, 0.3) is 0 Å². The summed E-state index contributed by atoms with van der Waals surface area (Å²) in [5, 5.41) is 7.83.